The Morgan fingerprint density at radius 1 is 1.36 bits per heavy atom. The molecular weight excluding hydrogens is 346 g/mol. The van der Waals surface area contributed by atoms with E-state index >= 15 is 0 Å². The summed E-state index contributed by atoms with van der Waals surface area (Å²) >= 11 is 3.51. The molecule has 0 bridgehead atoms. The molecular formula is C16H23BrN3O2+. The zero-order valence-electron chi connectivity index (χ0n) is 13.6. The Morgan fingerprint density at radius 2 is 2.05 bits per heavy atom. The van der Waals surface area contributed by atoms with Crippen LogP contribution < -0.4 is 5.32 Å². The van der Waals surface area contributed by atoms with Gasteiger partial charge in [0.2, 0.25) is 0 Å². The Kier molecular flexibility index (Phi) is 5.02. The maximum absolute atomic E-state index is 13.0. The Bertz CT molecular complexity index is 616. The van der Waals surface area contributed by atoms with Crippen LogP contribution in [0, 0.1) is 5.92 Å². The Balaban J connectivity index is 2.52. The van der Waals surface area contributed by atoms with Crippen molar-refractivity contribution < 1.29 is 14.1 Å². The number of hydrogen-bond donors (Lipinski definition) is 1. The van der Waals surface area contributed by atoms with E-state index in [1.807, 2.05) is 6.92 Å². The maximum Gasteiger partial charge on any atom is 0.429 e. The number of hydrogen-bond acceptors (Lipinski definition) is 3. The van der Waals surface area contributed by atoms with Gasteiger partial charge in [0.1, 0.15) is 5.56 Å². The quantitative estimate of drug-likeness (QED) is 0.799. The number of amides is 3. The lowest BCUT2D eigenvalue weighted by molar-refractivity contribution is -0.743. The van der Waals surface area contributed by atoms with Crippen molar-refractivity contribution in [2.75, 3.05) is 18.9 Å². The smallest absolute Gasteiger partial charge is 0.258 e. The molecule has 120 valence electrons. The van der Waals surface area contributed by atoms with Crippen LogP contribution >= 0.6 is 15.9 Å². The number of carbonyl (C=O) groups is 2. The molecule has 1 atom stereocenters. The highest BCUT2D eigenvalue weighted by molar-refractivity contribution is 9.10. The summed E-state index contributed by atoms with van der Waals surface area (Å²) in [7, 11) is 1.68. The van der Waals surface area contributed by atoms with E-state index in [2.05, 4.69) is 40.1 Å². The van der Waals surface area contributed by atoms with Gasteiger partial charge in [-0.3, -0.25) is 5.32 Å². The molecule has 1 aromatic heterocycles. The van der Waals surface area contributed by atoms with E-state index in [0.717, 1.165) is 29.3 Å². The zero-order valence-corrected chi connectivity index (χ0v) is 15.2. The normalized spacial score (nSPS) is 21.0. The Hall–Kier alpha value is -1.27. The second kappa shape index (κ2) is 6.46. The van der Waals surface area contributed by atoms with Crippen LogP contribution in [-0.2, 0) is 6.42 Å². The van der Waals surface area contributed by atoms with Gasteiger partial charge >= 0.3 is 11.9 Å². The summed E-state index contributed by atoms with van der Waals surface area (Å²) < 4.78 is 0.593. The summed E-state index contributed by atoms with van der Waals surface area (Å²) in [6.07, 6.45) is 4.19. The number of pyridine rings is 1. The van der Waals surface area contributed by atoms with Crippen molar-refractivity contribution >= 4 is 33.7 Å². The highest BCUT2D eigenvalue weighted by Crippen LogP contribution is 2.33. The summed E-state index contributed by atoms with van der Waals surface area (Å²) in [6.45, 7) is 6.77. The molecule has 3 amide bonds. The van der Waals surface area contributed by atoms with Gasteiger partial charge in [-0.25, -0.2) is 14.6 Å². The molecule has 6 heteroatoms. The zero-order chi connectivity index (χ0) is 16.5. The van der Waals surface area contributed by atoms with Crippen molar-refractivity contribution in [3.8, 4) is 0 Å². The summed E-state index contributed by atoms with van der Waals surface area (Å²) in [6, 6.07) is -0.302. The summed E-state index contributed by atoms with van der Waals surface area (Å²) in [5, 5.41) is 2.80. The van der Waals surface area contributed by atoms with Crippen molar-refractivity contribution in [3.05, 3.63) is 21.8 Å². The van der Waals surface area contributed by atoms with Gasteiger partial charge < -0.3 is 0 Å². The average Bonchev–Trinajstić information content (AvgIpc) is 2.45. The summed E-state index contributed by atoms with van der Waals surface area (Å²) in [5.41, 5.74) is 1.51. The van der Waals surface area contributed by atoms with E-state index in [4.69, 9.17) is 0 Å². The number of anilines is 1. The first kappa shape index (κ1) is 17.1. The van der Waals surface area contributed by atoms with Crippen molar-refractivity contribution in [2.24, 2.45) is 5.92 Å². The first-order valence-electron chi connectivity index (χ1n) is 7.70. The van der Waals surface area contributed by atoms with E-state index in [-0.39, 0.29) is 16.4 Å². The molecule has 5 nitrogen and oxygen atoms in total. The van der Waals surface area contributed by atoms with Gasteiger partial charge in [0.25, 0.3) is 0 Å². The number of imide groups is 1. The molecule has 0 aromatic carbocycles. The topological polar surface area (TPSA) is 59.1 Å². The van der Waals surface area contributed by atoms with E-state index in [1.165, 1.54) is 0 Å². The molecule has 0 fully saturated rings. The predicted molar refractivity (Wildman–Crippen MR) is 89.8 cm³/mol. The molecule has 22 heavy (non-hydrogen) atoms. The standard InChI is InChI=1S/C16H22BrN3O2/c1-5-8-20(4)15(21)13-11(7-6-10(2)3)12(17)9-18-14(13)19-16(20)22/h9-10H,5-8H2,1-4H3/p+1. The van der Waals surface area contributed by atoms with Gasteiger partial charge in [-0.2, -0.15) is 4.48 Å². The van der Waals surface area contributed by atoms with E-state index in [1.54, 1.807) is 13.2 Å². The summed E-state index contributed by atoms with van der Waals surface area (Å²) in [5.74, 6) is 0.775. The minimum atomic E-state index is -0.302. The molecule has 1 aliphatic rings. The number of fused-ring (bicyclic) bond motifs is 1. The van der Waals surface area contributed by atoms with Gasteiger partial charge in [0.05, 0.1) is 13.6 Å². The van der Waals surface area contributed by atoms with Crippen molar-refractivity contribution in [1.82, 2.24) is 4.98 Å². The fourth-order valence-corrected chi connectivity index (χ4v) is 3.24. The third-order valence-electron chi connectivity index (χ3n) is 4.11. The number of nitrogens with one attached hydrogen (secondary N) is 1. The fraction of sp³-hybridized carbons (Fsp3) is 0.562. The molecule has 0 saturated heterocycles. The van der Waals surface area contributed by atoms with Crippen molar-refractivity contribution in [1.29, 1.82) is 0 Å². The van der Waals surface area contributed by atoms with Crippen LogP contribution in [0.5, 0.6) is 0 Å². The SMILES string of the molecule is CCC[N+]1(C)C(=O)Nc2ncc(Br)c(CCC(C)C)c2C1=O. The van der Waals surface area contributed by atoms with Gasteiger partial charge in [-0.15, -0.1) is 0 Å². The third-order valence-corrected chi connectivity index (χ3v) is 4.80. The Labute approximate surface area is 139 Å². The fourth-order valence-electron chi connectivity index (χ4n) is 2.74. The second-order valence-corrected chi connectivity index (χ2v) is 7.25. The molecule has 0 aliphatic carbocycles. The predicted octanol–water partition coefficient (Wildman–Crippen LogP) is 3.98. The summed E-state index contributed by atoms with van der Waals surface area (Å²) in [4.78, 5) is 29.6. The number of rotatable bonds is 5. The second-order valence-electron chi connectivity index (χ2n) is 6.39. The lowest BCUT2D eigenvalue weighted by Crippen LogP contribution is -2.59. The number of nitrogens with zero attached hydrogens (tertiary/aromatic N) is 2. The minimum absolute atomic E-state index is 0.159. The van der Waals surface area contributed by atoms with Gasteiger partial charge in [0, 0.05) is 10.7 Å². The first-order chi connectivity index (χ1) is 10.3. The van der Waals surface area contributed by atoms with E-state index in [0.29, 0.717) is 23.8 Å². The Morgan fingerprint density at radius 3 is 2.64 bits per heavy atom. The number of halogens is 1. The van der Waals surface area contributed by atoms with Crippen LogP contribution in [0.1, 0.15) is 49.5 Å². The van der Waals surface area contributed by atoms with Crippen LogP contribution in [0.2, 0.25) is 0 Å². The van der Waals surface area contributed by atoms with E-state index in [9.17, 15) is 9.59 Å². The minimum Gasteiger partial charge on any atom is -0.258 e. The molecule has 0 saturated carbocycles. The molecule has 0 radical (unpaired) electrons. The third kappa shape index (κ3) is 2.94. The number of quaternary nitrogens is 1. The number of carbonyl (C=O) groups excluding carboxylic acids is 2. The van der Waals surface area contributed by atoms with Crippen LogP contribution in [0.15, 0.2) is 10.7 Å². The molecule has 1 aliphatic heterocycles. The lowest BCUT2D eigenvalue weighted by Gasteiger charge is -2.33. The van der Waals surface area contributed by atoms with Gasteiger partial charge in [0.15, 0.2) is 5.82 Å². The average molecular weight is 369 g/mol. The largest absolute Gasteiger partial charge is 0.429 e. The molecule has 2 rings (SSSR count). The van der Waals surface area contributed by atoms with Crippen LogP contribution in [0.3, 0.4) is 0 Å². The number of urea groups is 1. The van der Waals surface area contributed by atoms with Crippen LogP contribution in [0.25, 0.3) is 0 Å². The van der Waals surface area contributed by atoms with Crippen LogP contribution in [0.4, 0.5) is 10.6 Å². The molecule has 0 spiro atoms. The molecule has 2 heterocycles. The van der Waals surface area contributed by atoms with Crippen molar-refractivity contribution in [3.63, 3.8) is 0 Å². The molecule has 1 aromatic rings. The van der Waals surface area contributed by atoms with E-state index < -0.39 is 0 Å². The molecule has 1 N–H and O–H groups in total. The first-order valence-corrected chi connectivity index (χ1v) is 8.49. The van der Waals surface area contributed by atoms with Gasteiger partial charge in [-0.1, -0.05) is 20.8 Å². The lowest BCUT2D eigenvalue weighted by atomic mass is 9.97. The van der Waals surface area contributed by atoms with Crippen molar-refractivity contribution in [2.45, 2.75) is 40.0 Å². The highest BCUT2D eigenvalue weighted by atomic mass is 79.9. The highest BCUT2D eigenvalue weighted by Gasteiger charge is 2.47. The monoisotopic (exact) mass is 368 g/mol. The van der Waals surface area contributed by atoms with Gasteiger partial charge in [-0.05, 0) is 46.7 Å². The number of aromatic nitrogens is 1. The van der Waals surface area contributed by atoms with Crippen LogP contribution in [-0.4, -0.2) is 35.0 Å². The maximum atomic E-state index is 13.0. The molecule has 1 unspecified atom stereocenters.